The molecule has 0 aromatic carbocycles. The number of rotatable bonds is 0. The van der Waals surface area contributed by atoms with Gasteiger partial charge in [0.1, 0.15) is 5.92 Å². The van der Waals surface area contributed by atoms with Crippen LogP contribution >= 0.6 is 0 Å². The maximum absolute atomic E-state index is 11.7. The minimum Gasteiger partial charge on any atom is -0.291 e. The van der Waals surface area contributed by atoms with Gasteiger partial charge in [0.15, 0.2) is 0 Å². The average Bonchev–Trinajstić information content (AvgIpc) is 2.11. The van der Waals surface area contributed by atoms with Gasteiger partial charge in [-0.3, -0.25) is 10.2 Å². The Morgan fingerprint density at radius 3 is 2.30 bits per heavy atom. The summed E-state index contributed by atoms with van der Waals surface area (Å²) in [6, 6.07) is 0. The topological polar surface area (TPSA) is 41.1 Å². The van der Waals surface area contributed by atoms with Crippen LogP contribution in [0, 0.1) is 5.92 Å². The van der Waals surface area contributed by atoms with Crippen LogP contribution in [-0.4, -0.2) is 18.6 Å². The summed E-state index contributed by atoms with van der Waals surface area (Å²) in [6.45, 7) is -0.373. The molecule has 1 fully saturated rings. The van der Waals surface area contributed by atoms with Gasteiger partial charge in [0.2, 0.25) is 5.91 Å². The van der Waals surface area contributed by atoms with Crippen LogP contribution in [-0.2, 0) is 4.79 Å². The van der Waals surface area contributed by atoms with Gasteiger partial charge in [0.25, 0.3) is 0 Å². The predicted molar refractivity (Wildman–Crippen MR) is 25.7 cm³/mol. The Labute approximate surface area is 54.6 Å². The standard InChI is InChI=1S/C4H5F3N2O/c5-4(6,7)2-1-8-9-3(2)10/h2,8H,1H2,(H,9,10). The number of amides is 1. The Bertz CT molecular complexity index is 155. The van der Waals surface area contributed by atoms with Crippen LogP contribution in [0.4, 0.5) is 13.2 Å². The first-order chi connectivity index (χ1) is 4.52. The van der Waals surface area contributed by atoms with Crippen molar-refractivity contribution in [1.29, 1.82) is 0 Å². The molecule has 1 aliphatic rings. The SMILES string of the molecule is O=C1NNCC1C(F)(F)F. The monoisotopic (exact) mass is 154 g/mol. The smallest absolute Gasteiger partial charge is 0.291 e. The van der Waals surface area contributed by atoms with Crippen molar-refractivity contribution >= 4 is 5.91 Å². The van der Waals surface area contributed by atoms with Crippen LogP contribution in [0.15, 0.2) is 0 Å². The molecule has 1 amide bonds. The molecule has 1 heterocycles. The molecule has 0 aromatic heterocycles. The number of halogens is 3. The maximum atomic E-state index is 11.7. The molecule has 0 aromatic rings. The minimum atomic E-state index is -4.42. The van der Waals surface area contributed by atoms with Crippen LogP contribution in [0.5, 0.6) is 0 Å². The van der Waals surface area contributed by atoms with Crippen LogP contribution in [0.1, 0.15) is 0 Å². The highest BCUT2D eigenvalue weighted by atomic mass is 19.4. The van der Waals surface area contributed by atoms with Gasteiger partial charge in [-0.2, -0.15) is 13.2 Å². The number of nitrogens with one attached hydrogen (secondary N) is 2. The van der Waals surface area contributed by atoms with Crippen LogP contribution in [0.3, 0.4) is 0 Å². The van der Waals surface area contributed by atoms with Crippen molar-refractivity contribution in [3.63, 3.8) is 0 Å². The van der Waals surface area contributed by atoms with Crippen molar-refractivity contribution in [2.24, 2.45) is 5.92 Å². The largest absolute Gasteiger partial charge is 0.401 e. The highest BCUT2D eigenvalue weighted by Gasteiger charge is 2.47. The Hall–Kier alpha value is -0.780. The third-order valence-electron chi connectivity index (χ3n) is 1.23. The Morgan fingerprint density at radius 1 is 1.50 bits per heavy atom. The molecule has 1 rings (SSSR count). The van der Waals surface area contributed by atoms with E-state index in [1.807, 2.05) is 5.43 Å². The normalized spacial score (nSPS) is 26.7. The summed E-state index contributed by atoms with van der Waals surface area (Å²) >= 11 is 0. The zero-order chi connectivity index (χ0) is 7.78. The molecular weight excluding hydrogens is 149 g/mol. The first-order valence-corrected chi connectivity index (χ1v) is 2.61. The van der Waals surface area contributed by atoms with E-state index in [-0.39, 0.29) is 6.54 Å². The highest BCUT2D eigenvalue weighted by Crippen LogP contribution is 2.26. The fraction of sp³-hybridized carbons (Fsp3) is 0.750. The lowest BCUT2D eigenvalue weighted by atomic mass is 10.1. The van der Waals surface area contributed by atoms with Crippen molar-refractivity contribution in [3.8, 4) is 0 Å². The minimum absolute atomic E-state index is 0.373. The number of alkyl halides is 3. The number of hydrogen-bond donors (Lipinski definition) is 2. The van der Waals surface area contributed by atoms with E-state index >= 15 is 0 Å². The van der Waals surface area contributed by atoms with Crippen LogP contribution in [0.25, 0.3) is 0 Å². The maximum Gasteiger partial charge on any atom is 0.401 e. The molecule has 0 aliphatic carbocycles. The second-order valence-corrected chi connectivity index (χ2v) is 1.96. The van der Waals surface area contributed by atoms with E-state index in [2.05, 4.69) is 5.43 Å². The second kappa shape index (κ2) is 2.12. The Balaban J connectivity index is 2.64. The molecule has 1 aliphatic heterocycles. The molecule has 1 atom stereocenters. The van der Waals surface area contributed by atoms with Gasteiger partial charge in [-0.25, -0.2) is 5.43 Å². The van der Waals surface area contributed by atoms with Crippen molar-refractivity contribution in [3.05, 3.63) is 0 Å². The van der Waals surface area contributed by atoms with Gasteiger partial charge in [-0.15, -0.1) is 0 Å². The number of carbonyl (C=O) groups is 1. The summed E-state index contributed by atoms with van der Waals surface area (Å²) in [4.78, 5) is 10.3. The third kappa shape index (κ3) is 1.21. The summed E-state index contributed by atoms with van der Waals surface area (Å²) < 4.78 is 35.1. The lowest BCUT2D eigenvalue weighted by Crippen LogP contribution is -2.32. The summed E-state index contributed by atoms with van der Waals surface area (Å²) in [5, 5.41) is 0. The molecule has 2 N–H and O–H groups in total. The quantitative estimate of drug-likeness (QED) is 0.507. The zero-order valence-electron chi connectivity index (χ0n) is 4.83. The van der Waals surface area contributed by atoms with E-state index in [9.17, 15) is 18.0 Å². The van der Waals surface area contributed by atoms with Crippen LogP contribution < -0.4 is 10.9 Å². The molecule has 58 valence electrons. The van der Waals surface area contributed by atoms with E-state index in [4.69, 9.17) is 0 Å². The van der Waals surface area contributed by atoms with Gasteiger partial charge in [0, 0.05) is 6.54 Å². The fourth-order valence-electron chi connectivity index (χ4n) is 0.684. The molecule has 0 bridgehead atoms. The van der Waals surface area contributed by atoms with Gasteiger partial charge >= 0.3 is 6.18 Å². The number of hydrogen-bond acceptors (Lipinski definition) is 2. The average molecular weight is 154 g/mol. The molecule has 0 saturated carbocycles. The number of carbonyl (C=O) groups excluding carboxylic acids is 1. The molecule has 0 radical (unpaired) electrons. The van der Waals surface area contributed by atoms with Crippen molar-refractivity contribution < 1.29 is 18.0 Å². The summed E-state index contributed by atoms with van der Waals surface area (Å²) in [6.07, 6.45) is -4.42. The molecule has 1 saturated heterocycles. The molecule has 1 unspecified atom stereocenters. The van der Waals surface area contributed by atoms with Gasteiger partial charge < -0.3 is 0 Å². The Morgan fingerprint density at radius 2 is 2.10 bits per heavy atom. The summed E-state index contributed by atoms with van der Waals surface area (Å²) in [5.74, 6) is -2.89. The van der Waals surface area contributed by atoms with E-state index in [1.54, 1.807) is 0 Å². The molecule has 3 nitrogen and oxygen atoms in total. The molecular formula is C4H5F3N2O. The summed E-state index contributed by atoms with van der Waals surface area (Å²) in [7, 11) is 0. The second-order valence-electron chi connectivity index (χ2n) is 1.96. The van der Waals surface area contributed by atoms with Gasteiger partial charge in [-0.05, 0) is 0 Å². The fourth-order valence-corrected chi connectivity index (χ4v) is 0.684. The van der Waals surface area contributed by atoms with E-state index in [0.29, 0.717) is 0 Å². The molecule has 0 spiro atoms. The molecule has 6 heteroatoms. The van der Waals surface area contributed by atoms with E-state index < -0.39 is 18.0 Å². The van der Waals surface area contributed by atoms with Crippen molar-refractivity contribution in [1.82, 2.24) is 10.9 Å². The summed E-state index contributed by atoms with van der Waals surface area (Å²) in [5.41, 5.74) is 3.98. The molecule has 10 heavy (non-hydrogen) atoms. The van der Waals surface area contributed by atoms with E-state index in [1.165, 1.54) is 0 Å². The van der Waals surface area contributed by atoms with Gasteiger partial charge in [0.05, 0.1) is 0 Å². The van der Waals surface area contributed by atoms with Crippen molar-refractivity contribution in [2.75, 3.05) is 6.54 Å². The Kier molecular flexibility index (Phi) is 1.55. The predicted octanol–water partition coefficient (Wildman–Crippen LogP) is -0.201. The first kappa shape index (κ1) is 7.33. The van der Waals surface area contributed by atoms with Gasteiger partial charge in [-0.1, -0.05) is 0 Å². The van der Waals surface area contributed by atoms with Crippen molar-refractivity contribution in [2.45, 2.75) is 6.18 Å². The van der Waals surface area contributed by atoms with E-state index in [0.717, 1.165) is 0 Å². The number of hydrazine groups is 1. The zero-order valence-corrected chi connectivity index (χ0v) is 4.83. The van der Waals surface area contributed by atoms with Crippen LogP contribution in [0.2, 0.25) is 0 Å². The first-order valence-electron chi connectivity index (χ1n) is 2.61. The lowest BCUT2D eigenvalue weighted by Gasteiger charge is -2.09. The highest BCUT2D eigenvalue weighted by molar-refractivity contribution is 5.80. The third-order valence-corrected chi connectivity index (χ3v) is 1.23. The lowest BCUT2D eigenvalue weighted by molar-refractivity contribution is -0.175.